The first-order chi connectivity index (χ1) is 9.57. The number of ether oxygens (including phenoxy) is 2. The van der Waals surface area contributed by atoms with E-state index in [0.29, 0.717) is 5.92 Å². The first-order valence-corrected chi connectivity index (χ1v) is 7.62. The number of rotatable bonds is 7. The molecule has 2 rings (SSSR count). The van der Waals surface area contributed by atoms with Crippen LogP contribution in [0.2, 0.25) is 0 Å². The topological polar surface area (TPSA) is 30.5 Å². The number of nitrogens with one attached hydrogen (secondary N) is 1. The number of benzene rings is 1. The molecule has 1 heterocycles. The van der Waals surface area contributed by atoms with Gasteiger partial charge in [0.25, 0.3) is 0 Å². The third-order valence-electron chi connectivity index (χ3n) is 3.83. The van der Waals surface area contributed by atoms with Crippen molar-refractivity contribution in [2.24, 2.45) is 5.92 Å². The zero-order valence-electron chi connectivity index (χ0n) is 12.9. The molecule has 1 atom stereocenters. The molecule has 1 unspecified atom stereocenters. The molecule has 3 heteroatoms. The van der Waals surface area contributed by atoms with Gasteiger partial charge in [-0.1, -0.05) is 26.0 Å². The largest absolute Gasteiger partial charge is 0.494 e. The maximum absolute atomic E-state index is 5.73. The lowest BCUT2D eigenvalue weighted by atomic mass is 10.0. The van der Waals surface area contributed by atoms with Crippen molar-refractivity contribution >= 4 is 0 Å². The smallest absolute Gasteiger partial charge is 0.119 e. The lowest BCUT2D eigenvalue weighted by molar-refractivity contribution is 0.171. The summed E-state index contributed by atoms with van der Waals surface area (Å²) >= 11 is 0. The molecule has 1 fully saturated rings. The van der Waals surface area contributed by atoms with Crippen molar-refractivity contribution in [3.8, 4) is 5.75 Å². The Balaban J connectivity index is 1.76. The zero-order chi connectivity index (χ0) is 14.4. The summed E-state index contributed by atoms with van der Waals surface area (Å²) in [5.41, 5.74) is 1.42. The standard InChI is InChI=1S/C17H27NO2/c1-14(2)8-10-20-16-6-4-15(5-7-16)12-18-17(3)9-11-19-13-17/h4-7,14,18H,8-13H2,1-3H3. The lowest BCUT2D eigenvalue weighted by Crippen LogP contribution is -2.42. The second-order valence-corrected chi connectivity index (χ2v) is 6.39. The van der Waals surface area contributed by atoms with Crippen molar-refractivity contribution in [1.29, 1.82) is 0 Å². The molecule has 0 saturated carbocycles. The van der Waals surface area contributed by atoms with Crippen LogP contribution in [0.4, 0.5) is 0 Å². The Kier molecular flexibility index (Phi) is 5.44. The first-order valence-electron chi connectivity index (χ1n) is 7.62. The molecule has 1 aliphatic heterocycles. The second kappa shape index (κ2) is 7.09. The van der Waals surface area contributed by atoms with Crippen molar-refractivity contribution in [1.82, 2.24) is 5.32 Å². The Labute approximate surface area is 122 Å². The highest BCUT2D eigenvalue weighted by Gasteiger charge is 2.28. The molecule has 1 aromatic rings. The fraction of sp³-hybridized carbons (Fsp3) is 0.647. The van der Waals surface area contributed by atoms with Gasteiger partial charge in [-0.3, -0.25) is 0 Å². The Hall–Kier alpha value is -1.06. The summed E-state index contributed by atoms with van der Waals surface area (Å²) in [4.78, 5) is 0. The lowest BCUT2D eigenvalue weighted by Gasteiger charge is -2.23. The van der Waals surface area contributed by atoms with E-state index in [1.807, 2.05) is 0 Å². The van der Waals surface area contributed by atoms with Crippen LogP contribution in [-0.2, 0) is 11.3 Å². The van der Waals surface area contributed by atoms with E-state index >= 15 is 0 Å². The van der Waals surface area contributed by atoms with Crippen LogP contribution < -0.4 is 10.1 Å². The van der Waals surface area contributed by atoms with Gasteiger partial charge in [0, 0.05) is 18.7 Å². The quantitative estimate of drug-likeness (QED) is 0.829. The normalized spacial score (nSPS) is 22.4. The van der Waals surface area contributed by atoms with Gasteiger partial charge >= 0.3 is 0 Å². The summed E-state index contributed by atoms with van der Waals surface area (Å²) in [6.45, 7) is 10.0. The highest BCUT2D eigenvalue weighted by molar-refractivity contribution is 5.27. The van der Waals surface area contributed by atoms with Gasteiger partial charge in [0.15, 0.2) is 0 Å². The predicted octanol–water partition coefficient (Wildman–Crippen LogP) is 3.38. The molecule has 1 aliphatic rings. The van der Waals surface area contributed by atoms with Gasteiger partial charge in [0.2, 0.25) is 0 Å². The molecule has 1 saturated heterocycles. The van der Waals surface area contributed by atoms with Crippen molar-refractivity contribution in [2.45, 2.75) is 45.7 Å². The van der Waals surface area contributed by atoms with Gasteiger partial charge < -0.3 is 14.8 Å². The molecule has 0 spiro atoms. The Morgan fingerprint density at radius 3 is 2.65 bits per heavy atom. The predicted molar refractivity (Wildman–Crippen MR) is 82.1 cm³/mol. The summed E-state index contributed by atoms with van der Waals surface area (Å²) in [5.74, 6) is 1.65. The minimum Gasteiger partial charge on any atom is -0.494 e. The zero-order valence-corrected chi connectivity index (χ0v) is 12.9. The molecular formula is C17H27NO2. The van der Waals surface area contributed by atoms with Gasteiger partial charge in [-0.15, -0.1) is 0 Å². The Morgan fingerprint density at radius 2 is 2.05 bits per heavy atom. The molecule has 0 radical (unpaired) electrons. The maximum atomic E-state index is 5.73. The van der Waals surface area contributed by atoms with Crippen LogP contribution >= 0.6 is 0 Å². The molecule has 0 aromatic heterocycles. The van der Waals surface area contributed by atoms with Crippen LogP contribution in [0, 0.1) is 5.92 Å². The van der Waals surface area contributed by atoms with E-state index in [2.05, 4.69) is 50.4 Å². The summed E-state index contributed by atoms with van der Waals surface area (Å²) in [6.07, 6.45) is 2.19. The minimum absolute atomic E-state index is 0.131. The van der Waals surface area contributed by atoms with Crippen molar-refractivity contribution in [3.63, 3.8) is 0 Å². The summed E-state index contributed by atoms with van der Waals surface area (Å²) in [5, 5.41) is 3.59. The van der Waals surface area contributed by atoms with Crippen LogP contribution in [0.1, 0.15) is 39.2 Å². The van der Waals surface area contributed by atoms with Crippen molar-refractivity contribution in [3.05, 3.63) is 29.8 Å². The molecule has 0 amide bonds. The Morgan fingerprint density at radius 1 is 1.30 bits per heavy atom. The maximum Gasteiger partial charge on any atom is 0.119 e. The van der Waals surface area contributed by atoms with E-state index in [9.17, 15) is 0 Å². The Bertz CT molecular complexity index is 394. The molecule has 1 aromatic carbocycles. The molecule has 0 aliphatic carbocycles. The van der Waals surface area contributed by atoms with E-state index in [1.54, 1.807) is 0 Å². The van der Waals surface area contributed by atoms with Gasteiger partial charge in [-0.25, -0.2) is 0 Å². The van der Waals surface area contributed by atoms with Gasteiger partial charge in [-0.05, 0) is 43.4 Å². The van der Waals surface area contributed by atoms with Crippen LogP contribution in [0.3, 0.4) is 0 Å². The van der Waals surface area contributed by atoms with Crippen molar-refractivity contribution < 1.29 is 9.47 Å². The summed E-state index contributed by atoms with van der Waals surface area (Å²) < 4.78 is 11.2. The number of hydrogen-bond donors (Lipinski definition) is 1. The minimum atomic E-state index is 0.131. The fourth-order valence-corrected chi connectivity index (χ4v) is 2.24. The average Bonchev–Trinajstić information content (AvgIpc) is 2.85. The fourth-order valence-electron chi connectivity index (χ4n) is 2.24. The van der Waals surface area contributed by atoms with E-state index < -0.39 is 0 Å². The van der Waals surface area contributed by atoms with Crippen LogP contribution in [0.5, 0.6) is 5.75 Å². The molecule has 1 N–H and O–H groups in total. The molecule has 3 nitrogen and oxygen atoms in total. The third-order valence-corrected chi connectivity index (χ3v) is 3.83. The highest BCUT2D eigenvalue weighted by atomic mass is 16.5. The molecular weight excluding hydrogens is 250 g/mol. The first kappa shape index (κ1) is 15.3. The highest BCUT2D eigenvalue weighted by Crippen LogP contribution is 2.19. The molecule has 112 valence electrons. The number of hydrogen-bond acceptors (Lipinski definition) is 3. The van der Waals surface area contributed by atoms with Gasteiger partial charge in [0.05, 0.1) is 13.2 Å². The van der Waals surface area contributed by atoms with Crippen LogP contribution in [-0.4, -0.2) is 25.4 Å². The van der Waals surface area contributed by atoms with Gasteiger partial charge in [-0.2, -0.15) is 0 Å². The second-order valence-electron chi connectivity index (χ2n) is 6.39. The van der Waals surface area contributed by atoms with E-state index in [0.717, 1.165) is 45.0 Å². The SMILES string of the molecule is CC(C)CCOc1ccc(CNC2(C)CCOC2)cc1. The monoisotopic (exact) mass is 277 g/mol. The van der Waals surface area contributed by atoms with E-state index in [-0.39, 0.29) is 5.54 Å². The van der Waals surface area contributed by atoms with E-state index in [4.69, 9.17) is 9.47 Å². The van der Waals surface area contributed by atoms with Crippen LogP contribution in [0.15, 0.2) is 24.3 Å². The molecule has 0 bridgehead atoms. The van der Waals surface area contributed by atoms with E-state index in [1.165, 1.54) is 5.56 Å². The van der Waals surface area contributed by atoms with Gasteiger partial charge in [0.1, 0.15) is 5.75 Å². The molecule has 20 heavy (non-hydrogen) atoms. The third kappa shape index (κ3) is 4.80. The van der Waals surface area contributed by atoms with Crippen molar-refractivity contribution in [2.75, 3.05) is 19.8 Å². The summed E-state index contributed by atoms with van der Waals surface area (Å²) in [6, 6.07) is 8.39. The summed E-state index contributed by atoms with van der Waals surface area (Å²) in [7, 11) is 0. The van der Waals surface area contributed by atoms with Crippen LogP contribution in [0.25, 0.3) is 0 Å². The average molecular weight is 277 g/mol.